The van der Waals surface area contributed by atoms with Crippen LogP contribution in [-0.4, -0.2) is 29.0 Å². The third-order valence-corrected chi connectivity index (χ3v) is 4.33. The van der Waals surface area contributed by atoms with E-state index in [9.17, 15) is 4.79 Å². The molecular weight excluding hydrogens is 349 g/mol. The molecule has 1 fully saturated rings. The molecule has 0 aliphatic carbocycles. The van der Waals surface area contributed by atoms with E-state index in [0.717, 1.165) is 25.9 Å². The van der Waals surface area contributed by atoms with Crippen molar-refractivity contribution in [2.45, 2.75) is 33.6 Å². The van der Waals surface area contributed by atoms with Crippen LogP contribution in [0.15, 0.2) is 24.3 Å². The number of rotatable bonds is 1. The summed E-state index contributed by atoms with van der Waals surface area (Å²) in [5.74, 6) is 0. The zero-order valence-corrected chi connectivity index (χ0v) is 16.9. The Kier molecular flexibility index (Phi) is 7.28. The number of aryl methyl sites for hydroxylation is 2. The zero-order valence-electron chi connectivity index (χ0n) is 14.0. The molecule has 1 aliphatic heterocycles. The molecule has 117 valence electrons. The van der Waals surface area contributed by atoms with Crippen LogP contribution in [0.1, 0.15) is 32.4 Å². The second-order valence-corrected chi connectivity index (χ2v) is 6.53. The summed E-state index contributed by atoms with van der Waals surface area (Å²) < 4.78 is 2.15. The van der Waals surface area contributed by atoms with Gasteiger partial charge in [0.05, 0.1) is 0 Å². The third-order valence-electron chi connectivity index (χ3n) is 4.33. The third kappa shape index (κ3) is 4.92. The van der Waals surface area contributed by atoms with Crippen molar-refractivity contribution in [1.29, 1.82) is 0 Å². The summed E-state index contributed by atoms with van der Waals surface area (Å²) in [6.07, 6.45) is 4.15. The number of piperidine rings is 1. The molecule has 1 amide bonds. The first-order valence-electron chi connectivity index (χ1n) is 7.49. The number of carbonyl (C=O) groups excluding carboxylic acids is 1. The SMILES string of the molecule is CC1(C)CCN([C-]=O)CC1.Cc1[c-]c2ccccc2n1C.[Y]. The van der Waals surface area contributed by atoms with Crippen molar-refractivity contribution >= 4 is 17.3 Å². The molecular formula is C18H24N2OY-2. The molecule has 3 nitrogen and oxygen atoms in total. The van der Waals surface area contributed by atoms with Crippen molar-refractivity contribution in [2.24, 2.45) is 12.5 Å². The van der Waals surface area contributed by atoms with Crippen LogP contribution >= 0.6 is 0 Å². The first-order chi connectivity index (χ1) is 9.93. The van der Waals surface area contributed by atoms with Crippen LogP contribution < -0.4 is 0 Å². The predicted molar refractivity (Wildman–Crippen MR) is 86.8 cm³/mol. The smallest absolute Gasteiger partial charge is 0 e. The Labute approximate surface area is 158 Å². The van der Waals surface area contributed by atoms with Crippen LogP contribution in [0.2, 0.25) is 0 Å². The topological polar surface area (TPSA) is 25.2 Å². The maximum absolute atomic E-state index is 10.2. The molecule has 1 aromatic carbocycles. The van der Waals surface area contributed by atoms with Crippen LogP contribution in [0.5, 0.6) is 0 Å². The maximum atomic E-state index is 10.2. The number of benzene rings is 1. The fourth-order valence-electron chi connectivity index (χ4n) is 2.53. The van der Waals surface area contributed by atoms with E-state index in [0.29, 0.717) is 5.41 Å². The number of amides is 1. The summed E-state index contributed by atoms with van der Waals surface area (Å²) in [6, 6.07) is 11.6. The van der Waals surface area contributed by atoms with Gasteiger partial charge < -0.3 is 14.3 Å². The average molecular weight is 373 g/mol. The normalized spacial score (nSPS) is 16.5. The van der Waals surface area contributed by atoms with E-state index in [1.54, 1.807) is 4.90 Å². The van der Waals surface area contributed by atoms with Crippen LogP contribution in [0.3, 0.4) is 0 Å². The molecule has 22 heavy (non-hydrogen) atoms. The minimum absolute atomic E-state index is 0. The Bertz CT molecular complexity index is 609. The van der Waals surface area contributed by atoms with Crippen LogP contribution in [0, 0.1) is 18.4 Å². The number of likely N-dealkylation sites (tertiary alicyclic amines) is 1. The number of fused-ring (bicyclic) bond motifs is 1. The first kappa shape index (κ1) is 19.4. The van der Waals surface area contributed by atoms with E-state index in [1.165, 1.54) is 16.6 Å². The van der Waals surface area contributed by atoms with Gasteiger partial charge in [0, 0.05) is 32.7 Å². The quantitative estimate of drug-likeness (QED) is 0.703. The van der Waals surface area contributed by atoms with E-state index in [-0.39, 0.29) is 32.7 Å². The fourth-order valence-corrected chi connectivity index (χ4v) is 2.53. The van der Waals surface area contributed by atoms with Crippen molar-refractivity contribution in [3.8, 4) is 0 Å². The summed E-state index contributed by atoms with van der Waals surface area (Å²) >= 11 is 0. The molecule has 0 N–H and O–H groups in total. The van der Waals surface area contributed by atoms with Gasteiger partial charge in [-0.05, 0) is 45.3 Å². The van der Waals surface area contributed by atoms with E-state index in [1.807, 2.05) is 12.5 Å². The van der Waals surface area contributed by atoms with Gasteiger partial charge in [-0.3, -0.25) is 0 Å². The molecule has 0 bridgehead atoms. The summed E-state index contributed by atoms with van der Waals surface area (Å²) in [5, 5.41) is 1.20. The molecule has 1 aromatic heterocycles. The molecule has 2 heterocycles. The molecule has 0 saturated carbocycles. The Hall–Kier alpha value is -0.666. The summed E-state index contributed by atoms with van der Waals surface area (Å²) in [7, 11) is 2.06. The zero-order chi connectivity index (χ0) is 15.5. The molecule has 0 unspecified atom stereocenters. The van der Waals surface area contributed by atoms with E-state index in [4.69, 9.17) is 0 Å². The minimum Gasteiger partial charge on any atom is -0.520 e. The molecule has 0 spiro atoms. The van der Waals surface area contributed by atoms with Gasteiger partial charge in [0.15, 0.2) is 0 Å². The fraction of sp³-hybridized carbons (Fsp3) is 0.500. The number of hydrogen-bond donors (Lipinski definition) is 0. The van der Waals surface area contributed by atoms with Gasteiger partial charge in [-0.25, -0.2) is 0 Å². The number of nitrogens with zero attached hydrogens (tertiary/aromatic N) is 2. The largest absolute Gasteiger partial charge is 0.520 e. The van der Waals surface area contributed by atoms with E-state index >= 15 is 0 Å². The second kappa shape index (κ2) is 8.26. The van der Waals surface area contributed by atoms with E-state index < -0.39 is 0 Å². The Balaban J connectivity index is 0.000000212. The summed E-state index contributed by atoms with van der Waals surface area (Å²) in [5.41, 5.74) is 2.88. The van der Waals surface area contributed by atoms with Crippen molar-refractivity contribution in [2.75, 3.05) is 13.1 Å². The predicted octanol–water partition coefficient (Wildman–Crippen LogP) is 3.46. The van der Waals surface area contributed by atoms with Crippen LogP contribution in [0.4, 0.5) is 0 Å². The van der Waals surface area contributed by atoms with Crippen LogP contribution in [0.25, 0.3) is 10.9 Å². The molecule has 1 aliphatic rings. The molecule has 4 heteroatoms. The number of para-hydroxylation sites is 1. The van der Waals surface area contributed by atoms with Gasteiger partial charge in [0.1, 0.15) is 0 Å². The van der Waals surface area contributed by atoms with Crippen molar-refractivity contribution in [1.82, 2.24) is 9.47 Å². The van der Waals surface area contributed by atoms with Crippen molar-refractivity contribution < 1.29 is 37.5 Å². The number of hydrogen-bond acceptors (Lipinski definition) is 1. The summed E-state index contributed by atoms with van der Waals surface area (Å²) in [6.45, 7) is 8.33. The summed E-state index contributed by atoms with van der Waals surface area (Å²) in [4.78, 5) is 11.9. The second-order valence-electron chi connectivity index (χ2n) is 6.53. The Morgan fingerprint density at radius 2 is 1.77 bits per heavy atom. The first-order valence-corrected chi connectivity index (χ1v) is 7.49. The Morgan fingerprint density at radius 1 is 1.18 bits per heavy atom. The Morgan fingerprint density at radius 3 is 2.32 bits per heavy atom. The van der Waals surface area contributed by atoms with Gasteiger partial charge in [0.2, 0.25) is 0 Å². The minimum atomic E-state index is 0. The van der Waals surface area contributed by atoms with Gasteiger partial charge >= 0.3 is 0 Å². The standard InChI is InChI=1S/C10H10N.C8H14NO.Y/c1-8-7-9-5-3-4-6-10(9)11(8)2;1-8(2)3-5-9(7-10)6-4-8;/h3-6H,1-2H3;3-6H2,1-2H3;/q2*-1;. The van der Waals surface area contributed by atoms with Crippen LogP contribution in [-0.2, 0) is 44.6 Å². The van der Waals surface area contributed by atoms with Gasteiger partial charge in [-0.1, -0.05) is 37.2 Å². The number of aromatic nitrogens is 1. The van der Waals surface area contributed by atoms with Gasteiger partial charge in [-0.15, -0.1) is 6.07 Å². The van der Waals surface area contributed by atoms with E-state index in [2.05, 4.69) is 56.7 Å². The van der Waals surface area contributed by atoms with Gasteiger partial charge in [-0.2, -0.15) is 23.9 Å². The monoisotopic (exact) mass is 373 g/mol. The molecule has 3 rings (SSSR count). The molecule has 0 atom stereocenters. The van der Waals surface area contributed by atoms with Crippen molar-refractivity contribution in [3.63, 3.8) is 0 Å². The maximum Gasteiger partial charge on any atom is 0 e. The average Bonchev–Trinajstić information content (AvgIpc) is 2.75. The molecule has 1 saturated heterocycles. The molecule has 2 aromatic rings. The van der Waals surface area contributed by atoms with Crippen molar-refractivity contribution in [3.05, 3.63) is 36.0 Å². The van der Waals surface area contributed by atoms with Gasteiger partial charge in [0.25, 0.3) is 0 Å². The molecule has 1 radical (unpaired) electrons.